The quantitative estimate of drug-likeness (QED) is 0.472. The van der Waals surface area contributed by atoms with Gasteiger partial charge in [-0.2, -0.15) is 0 Å². The largest absolute Gasteiger partial charge is 0.389 e. The summed E-state index contributed by atoms with van der Waals surface area (Å²) in [6.45, 7) is 5.95. The van der Waals surface area contributed by atoms with Crippen molar-refractivity contribution < 1.29 is 5.11 Å². The lowest BCUT2D eigenvalue weighted by atomic mass is 10.1. The number of unbranched alkanes of at least 4 members (excludes halogenated alkanes) is 2. The summed E-state index contributed by atoms with van der Waals surface area (Å²) in [7, 11) is 0. The second-order valence-electron chi connectivity index (χ2n) is 2.77. The van der Waals surface area contributed by atoms with Gasteiger partial charge in [0.1, 0.15) is 0 Å². The minimum absolute atomic E-state index is 0.267. The van der Waals surface area contributed by atoms with E-state index in [9.17, 15) is 0 Å². The summed E-state index contributed by atoms with van der Waals surface area (Å²) in [5, 5.41) is 9.05. The Labute approximate surface area is 63.8 Å². The fraction of sp³-hybridized carbons (Fsp3) is 0.778. The Morgan fingerprint density at radius 2 is 2.20 bits per heavy atom. The van der Waals surface area contributed by atoms with Crippen molar-refractivity contribution in [2.75, 3.05) is 0 Å². The van der Waals surface area contributed by atoms with Crippen molar-refractivity contribution >= 4 is 0 Å². The zero-order valence-electron chi connectivity index (χ0n) is 7.22. The lowest BCUT2D eigenvalue weighted by Gasteiger charge is -2.02. The molecule has 0 radical (unpaired) electrons. The molecule has 0 aliphatic heterocycles. The van der Waals surface area contributed by atoms with Gasteiger partial charge in [0.25, 0.3) is 0 Å². The second kappa shape index (κ2) is 5.48. The van der Waals surface area contributed by atoms with Gasteiger partial charge in [-0.15, -0.1) is 0 Å². The molecule has 0 bridgehead atoms. The predicted octanol–water partition coefficient (Wildman–Crippen LogP) is 2.50. The van der Waals surface area contributed by atoms with Crippen LogP contribution in [0.4, 0.5) is 0 Å². The van der Waals surface area contributed by atoms with Crippen molar-refractivity contribution in [1.29, 1.82) is 0 Å². The third-order valence-corrected chi connectivity index (χ3v) is 1.68. The summed E-state index contributed by atoms with van der Waals surface area (Å²) in [6, 6.07) is 0. The smallest absolute Gasteiger partial charge is 0.0719 e. The first kappa shape index (κ1) is 9.70. The SMILES string of the molecule is CCCC/C=C(/C)C(C)O. The Balaban J connectivity index is 3.48. The molecule has 0 aromatic heterocycles. The Morgan fingerprint density at radius 1 is 1.60 bits per heavy atom. The first-order chi connectivity index (χ1) is 4.68. The first-order valence-electron chi connectivity index (χ1n) is 4.03. The summed E-state index contributed by atoms with van der Waals surface area (Å²) in [5.41, 5.74) is 1.09. The number of aliphatic hydroxyl groups excluding tert-OH is 1. The van der Waals surface area contributed by atoms with Crippen LogP contribution in [-0.4, -0.2) is 11.2 Å². The molecule has 0 spiro atoms. The van der Waals surface area contributed by atoms with Gasteiger partial charge in [-0.1, -0.05) is 25.8 Å². The molecule has 0 aromatic rings. The van der Waals surface area contributed by atoms with Crippen molar-refractivity contribution in [3.63, 3.8) is 0 Å². The lowest BCUT2D eigenvalue weighted by molar-refractivity contribution is 0.231. The average Bonchev–Trinajstić information content (AvgIpc) is 1.88. The molecule has 0 saturated heterocycles. The third-order valence-electron chi connectivity index (χ3n) is 1.68. The zero-order chi connectivity index (χ0) is 7.98. The maximum Gasteiger partial charge on any atom is 0.0719 e. The molecule has 1 nitrogen and oxygen atoms in total. The van der Waals surface area contributed by atoms with Gasteiger partial charge in [-0.25, -0.2) is 0 Å². The van der Waals surface area contributed by atoms with Crippen molar-refractivity contribution in [3.05, 3.63) is 11.6 Å². The topological polar surface area (TPSA) is 20.2 Å². The van der Waals surface area contributed by atoms with E-state index in [0.717, 1.165) is 12.0 Å². The lowest BCUT2D eigenvalue weighted by Crippen LogP contribution is -2.00. The van der Waals surface area contributed by atoms with Gasteiger partial charge >= 0.3 is 0 Å². The van der Waals surface area contributed by atoms with Gasteiger partial charge in [0.2, 0.25) is 0 Å². The summed E-state index contributed by atoms with van der Waals surface area (Å²) >= 11 is 0. The molecule has 0 rings (SSSR count). The highest BCUT2D eigenvalue weighted by Gasteiger charge is 1.95. The van der Waals surface area contributed by atoms with Crippen LogP contribution < -0.4 is 0 Å². The normalized spacial score (nSPS) is 15.4. The van der Waals surface area contributed by atoms with E-state index in [-0.39, 0.29) is 6.10 Å². The minimum atomic E-state index is -0.267. The van der Waals surface area contributed by atoms with E-state index < -0.39 is 0 Å². The van der Waals surface area contributed by atoms with E-state index in [2.05, 4.69) is 13.0 Å². The Morgan fingerprint density at radius 3 is 2.60 bits per heavy atom. The molecule has 1 N–H and O–H groups in total. The summed E-state index contributed by atoms with van der Waals surface area (Å²) in [6.07, 6.45) is 5.41. The highest BCUT2D eigenvalue weighted by Crippen LogP contribution is 2.04. The number of hydrogen-bond donors (Lipinski definition) is 1. The van der Waals surface area contributed by atoms with Crippen molar-refractivity contribution in [2.24, 2.45) is 0 Å². The Bertz CT molecular complexity index is 103. The van der Waals surface area contributed by atoms with Crippen LogP contribution in [0, 0.1) is 0 Å². The molecule has 0 saturated carbocycles. The monoisotopic (exact) mass is 142 g/mol. The molecule has 0 heterocycles. The van der Waals surface area contributed by atoms with Gasteiger partial charge in [0.15, 0.2) is 0 Å². The summed E-state index contributed by atoms with van der Waals surface area (Å²) in [4.78, 5) is 0. The molecule has 1 atom stereocenters. The van der Waals surface area contributed by atoms with Gasteiger partial charge in [0, 0.05) is 0 Å². The number of rotatable bonds is 4. The van der Waals surface area contributed by atoms with Crippen LogP contribution in [0.2, 0.25) is 0 Å². The standard InChI is InChI=1S/C9H18O/c1-4-5-6-7-8(2)9(3)10/h7,9-10H,4-6H2,1-3H3/b8-7-. The summed E-state index contributed by atoms with van der Waals surface area (Å²) < 4.78 is 0. The van der Waals surface area contributed by atoms with Crippen LogP contribution in [0.3, 0.4) is 0 Å². The van der Waals surface area contributed by atoms with Crippen LogP contribution in [0.15, 0.2) is 11.6 Å². The van der Waals surface area contributed by atoms with Crippen LogP contribution in [0.25, 0.3) is 0 Å². The van der Waals surface area contributed by atoms with E-state index >= 15 is 0 Å². The highest BCUT2D eigenvalue weighted by molar-refractivity contribution is 5.02. The molecular weight excluding hydrogens is 124 g/mol. The summed E-state index contributed by atoms with van der Waals surface area (Å²) in [5.74, 6) is 0. The highest BCUT2D eigenvalue weighted by atomic mass is 16.3. The van der Waals surface area contributed by atoms with Gasteiger partial charge < -0.3 is 5.11 Å². The minimum Gasteiger partial charge on any atom is -0.389 e. The van der Waals surface area contributed by atoms with Gasteiger partial charge in [-0.05, 0) is 25.8 Å². The predicted molar refractivity (Wildman–Crippen MR) is 45.0 cm³/mol. The zero-order valence-corrected chi connectivity index (χ0v) is 7.22. The van der Waals surface area contributed by atoms with Crippen molar-refractivity contribution in [3.8, 4) is 0 Å². The molecule has 10 heavy (non-hydrogen) atoms. The molecule has 60 valence electrons. The van der Waals surface area contributed by atoms with Crippen molar-refractivity contribution in [2.45, 2.75) is 46.1 Å². The second-order valence-corrected chi connectivity index (χ2v) is 2.77. The van der Waals surface area contributed by atoms with E-state index in [1.807, 2.05) is 6.92 Å². The van der Waals surface area contributed by atoms with Crippen LogP contribution in [-0.2, 0) is 0 Å². The Hall–Kier alpha value is -0.300. The molecule has 1 unspecified atom stereocenters. The van der Waals surface area contributed by atoms with Crippen molar-refractivity contribution in [1.82, 2.24) is 0 Å². The third kappa shape index (κ3) is 4.57. The van der Waals surface area contributed by atoms with Crippen LogP contribution in [0.5, 0.6) is 0 Å². The van der Waals surface area contributed by atoms with E-state index in [1.165, 1.54) is 12.8 Å². The first-order valence-corrected chi connectivity index (χ1v) is 4.03. The number of hydrogen-bond acceptors (Lipinski definition) is 1. The van der Waals surface area contributed by atoms with Gasteiger partial charge in [-0.3, -0.25) is 0 Å². The number of aliphatic hydroxyl groups is 1. The molecule has 0 amide bonds. The van der Waals surface area contributed by atoms with Crippen LogP contribution >= 0.6 is 0 Å². The van der Waals surface area contributed by atoms with Crippen LogP contribution in [0.1, 0.15) is 40.0 Å². The Kier molecular flexibility index (Phi) is 5.32. The van der Waals surface area contributed by atoms with Gasteiger partial charge in [0.05, 0.1) is 6.10 Å². The van der Waals surface area contributed by atoms with E-state index in [4.69, 9.17) is 5.11 Å². The molecule has 0 fully saturated rings. The molecule has 1 heteroatoms. The number of allylic oxidation sites excluding steroid dienone is 1. The molecular formula is C9H18O. The van der Waals surface area contributed by atoms with E-state index in [0.29, 0.717) is 0 Å². The molecule has 0 aliphatic rings. The maximum atomic E-state index is 9.05. The fourth-order valence-electron chi connectivity index (χ4n) is 0.704. The molecule has 0 aromatic carbocycles. The molecule has 0 aliphatic carbocycles. The van der Waals surface area contributed by atoms with E-state index in [1.54, 1.807) is 6.92 Å². The fourth-order valence-corrected chi connectivity index (χ4v) is 0.704. The maximum absolute atomic E-state index is 9.05. The average molecular weight is 142 g/mol.